The summed E-state index contributed by atoms with van der Waals surface area (Å²) in [4.78, 5) is 25.9. The molecule has 3 aromatic rings. The SMILES string of the molecule is C[C@]1(O)CC/C=C\CNC(=O)c2cnc(Nc3ccc(F)cc3)nc2Nc2cccc1n2. The maximum atomic E-state index is 13.2. The van der Waals surface area contributed by atoms with Gasteiger partial charge in [0.15, 0.2) is 0 Å². The summed E-state index contributed by atoms with van der Waals surface area (Å²) in [6.45, 7) is 2.06. The van der Waals surface area contributed by atoms with Crippen LogP contribution in [0.5, 0.6) is 0 Å². The number of amides is 1. The van der Waals surface area contributed by atoms with E-state index in [2.05, 4.69) is 30.9 Å². The van der Waals surface area contributed by atoms with Gasteiger partial charge in [0.1, 0.15) is 28.6 Å². The smallest absolute Gasteiger partial charge is 0.256 e. The third kappa shape index (κ3) is 5.06. The molecule has 8 nitrogen and oxygen atoms in total. The van der Waals surface area contributed by atoms with Crippen molar-refractivity contribution >= 4 is 29.2 Å². The van der Waals surface area contributed by atoms with E-state index in [-0.39, 0.29) is 29.1 Å². The summed E-state index contributed by atoms with van der Waals surface area (Å²) in [5.41, 5.74) is 0.230. The Kier molecular flexibility index (Phi) is 6.09. The monoisotopic (exact) mass is 434 g/mol. The molecule has 0 radical (unpaired) electrons. The van der Waals surface area contributed by atoms with Gasteiger partial charge in [0, 0.05) is 18.4 Å². The highest BCUT2D eigenvalue weighted by atomic mass is 19.1. The minimum atomic E-state index is -1.11. The Morgan fingerprint density at radius 2 is 1.94 bits per heavy atom. The van der Waals surface area contributed by atoms with Crippen molar-refractivity contribution in [3.05, 3.63) is 77.9 Å². The summed E-state index contributed by atoms with van der Waals surface area (Å²) in [5.74, 6) is 0.198. The molecular weight excluding hydrogens is 411 g/mol. The van der Waals surface area contributed by atoms with Crippen LogP contribution in [0, 0.1) is 5.82 Å². The average molecular weight is 434 g/mol. The van der Waals surface area contributed by atoms with Crippen molar-refractivity contribution in [2.24, 2.45) is 0 Å². The molecule has 0 fully saturated rings. The largest absolute Gasteiger partial charge is 0.384 e. The Bertz CT molecular complexity index is 1150. The lowest BCUT2D eigenvalue weighted by Crippen LogP contribution is -2.26. The van der Waals surface area contributed by atoms with Crippen LogP contribution in [0.1, 0.15) is 35.8 Å². The average Bonchev–Trinajstić information content (AvgIpc) is 2.77. The van der Waals surface area contributed by atoms with E-state index in [9.17, 15) is 14.3 Å². The zero-order valence-electron chi connectivity index (χ0n) is 17.5. The number of allylic oxidation sites excluding steroid dienone is 1. The van der Waals surface area contributed by atoms with Crippen molar-refractivity contribution in [2.75, 3.05) is 17.2 Å². The molecule has 0 aliphatic carbocycles. The quantitative estimate of drug-likeness (QED) is 0.454. The molecule has 4 rings (SSSR count). The molecule has 0 saturated heterocycles. The van der Waals surface area contributed by atoms with Gasteiger partial charge in [-0.1, -0.05) is 18.2 Å². The summed E-state index contributed by atoms with van der Waals surface area (Å²) < 4.78 is 13.2. The molecule has 4 N–H and O–H groups in total. The molecule has 2 bridgehead atoms. The number of nitrogens with zero attached hydrogens (tertiary/aromatic N) is 3. The molecule has 32 heavy (non-hydrogen) atoms. The zero-order valence-corrected chi connectivity index (χ0v) is 17.5. The molecule has 1 atom stereocenters. The number of fused-ring (bicyclic) bond motifs is 3. The Hall–Kier alpha value is -3.85. The fourth-order valence-electron chi connectivity index (χ4n) is 3.23. The van der Waals surface area contributed by atoms with Crippen LogP contribution in [0.2, 0.25) is 0 Å². The van der Waals surface area contributed by atoms with E-state index in [0.717, 1.165) is 0 Å². The number of anilines is 4. The predicted octanol–water partition coefficient (Wildman–Crippen LogP) is 3.79. The number of hydrogen-bond donors (Lipinski definition) is 4. The van der Waals surface area contributed by atoms with E-state index in [1.165, 1.54) is 18.3 Å². The number of pyridine rings is 1. The molecule has 0 unspecified atom stereocenters. The van der Waals surface area contributed by atoms with Gasteiger partial charge in [-0.2, -0.15) is 4.98 Å². The summed E-state index contributed by atoms with van der Waals surface area (Å²) >= 11 is 0. The number of carbonyl (C=O) groups excluding carboxylic acids is 1. The molecule has 1 aliphatic heterocycles. The van der Waals surface area contributed by atoms with Gasteiger partial charge in [0.2, 0.25) is 5.95 Å². The number of carbonyl (C=O) groups is 1. The molecule has 0 saturated carbocycles. The van der Waals surface area contributed by atoms with Gasteiger partial charge in [-0.3, -0.25) is 4.79 Å². The molecule has 1 aliphatic rings. The van der Waals surface area contributed by atoms with Gasteiger partial charge in [0.05, 0.1) is 5.69 Å². The first-order valence-corrected chi connectivity index (χ1v) is 10.2. The summed E-state index contributed by atoms with van der Waals surface area (Å²) in [6, 6.07) is 11.0. The third-order valence-corrected chi connectivity index (χ3v) is 5.03. The minimum Gasteiger partial charge on any atom is -0.384 e. The van der Waals surface area contributed by atoms with Crippen molar-refractivity contribution < 1.29 is 14.3 Å². The van der Waals surface area contributed by atoms with Crippen LogP contribution in [0.25, 0.3) is 0 Å². The molecule has 1 aromatic carbocycles. The maximum absolute atomic E-state index is 13.2. The molecule has 3 heterocycles. The fraction of sp³-hybridized carbons (Fsp3) is 0.217. The molecule has 1 amide bonds. The van der Waals surface area contributed by atoms with E-state index < -0.39 is 5.60 Å². The van der Waals surface area contributed by atoms with Crippen LogP contribution < -0.4 is 16.0 Å². The normalized spacial score (nSPS) is 19.7. The van der Waals surface area contributed by atoms with Gasteiger partial charge in [-0.05, 0) is 56.2 Å². The van der Waals surface area contributed by atoms with Crippen molar-refractivity contribution in [1.29, 1.82) is 0 Å². The van der Waals surface area contributed by atoms with Crippen LogP contribution in [0.3, 0.4) is 0 Å². The molecule has 9 heteroatoms. The van der Waals surface area contributed by atoms with Crippen molar-refractivity contribution in [3.8, 4) is 0 Å². The highest BCUT2D eigenvalue weighted by Crippen LogP contribution is 2.27. The fourth-order valence-corrected chi connectivity index (χ4v) is 3.23. The second kappa shape index (κ2) is 9.11. The Labute approximate surface area is 184 Å². The maximum Gasteiger partial charge on any atom is 0.256 e. The number of rotatable bonds is 2. The van der Waals surface area contributed by atoms with Crippen molar-refractivity contribution in [2.45, 2.75) is 25.4 Å². The topological polar surface area (TPSA) is 112 Å². The first kappa shape index (κ1) is 21.4. The summed E-state index contributed by atoms with van der Waals surface area (Å²) in [5, 5.41) is 19.7. The number of benzene rings is 1. The molecule has 0 spiro atoms. The van der Waals surface area contributed by atoms with Crippen LogP contribution in [0.15, 0.2) is 60.8 Å². The Morgan fingerprint density at radius 3 is 2.75 bits per heavy atom. The Morgan fingerprint density at radius 1 is 1.12 bits per heavy atom. The van der Waals surface area contributed by atoms with E-state index in [4.69, 9.17) is 0 Å². The van der Waals surface area contributed by atoms with Gasteiger partial charge in [-0.15, -0.1) is 0 Å². The van der Waals surface area contributed by atoms with Gasteiger partial charge >= 0.3 is 0 Å². The first-order valence-electron chi connectivity index (χ1n) is 10.2. The second-order valence-corrected chi connectivity index (χ2v) is 7.61. The van der Waals surface area contributed by atoms with Crippen LogP contribution >= 0.6 is 0 Å². The zero-order chi connectivity index (χ0) is 22.6. The van der Waals surface area contributed by atoms with E-state index in [1.807, 2.05) is 12.2 Å². The van der Waals surface area contributed by atoms with Crippen LogP contribution in [-0.2, 0) is 5.60 Å². The molecule has 2 aromatic heterocycles. The standard InChI is InChI=1S/C23H23FN6O2/c1-23(32)12-3-2-4-13-25-21(31)17-14-26-22(27-16-10-8-15(24)9-11-16)30-20(17)29-19-7-5-6-18(23)28-19/h2,4-11,14,32H,3,12-13H2,1H3,(H,25,31)(H2,26,27,28,29,30)/b4-2-/t23-/m0/s1. The van der Waals surface area contributed by atoms with Crippen LogP contribution in [-0.4, -0.2) is 32.5 Å². The number of halogens is 1. The summed E-state index contributed by atoms with van der Waals surface area (Å²) in [7, 11) is 0. The predicted molar refractivity (Wildman–Crippen MR) is 120 cm³/mol. The van der Waals surface area contributed by atoms with Crippen molar-refractivity contribution in [1.82, 2.24) is 20.3 Å². The van der Waals surface area contributed by atoms with Crippen LogP contribution in [0.4, 0.5) is 27.7 Å². The van der Waals surface area contributed by atoms with E-state index in [1.54, 1.807) is 37.3 Å². The van der Waals surface area contributed by atoms with E-state index in [0.29, 0.717) is 36.6 Å². The van der Waals surface area contributed by atoms with Gasteiger partial charge in [0.25, 0.3) is 5.91 Å². The Balaban J connectivity index is 1.71. The lowest BCUT2D eigenvalue weighted by Gasteiger charge is -2.23. The lowest BCUT2D eigenvalue weighted by atomic mass is 9.95. The number of aliphatic hydroxyl groups is 1. The third-order valence-electron chi connectivity index (χ3n) is 5.03. The lowest BCUT2D eigenvalue weighted by molar-refractivity contribution is 0.0444. The van der Waals surface area contributed by atoms with Gasteiger partial charge in [-0.25, -0.2) is 14.4 Å². The van der Waals surface area contributed by atoms with Gasteiger partial charge < -0.3 is 21.1 Å². The highest BCUT2D eigenvalue weighted by molar-refractivity contribution is 5.99. The summed E-state index contributed by atoms with van der Waals surface area (Å²) in [6.07, 6.45) is 6.28. The van der Waals surface area contributed by atoms with Crippen molar-refractivity contribution in [3.63, 3.8) is 0 Å². The number of aromatic nitrogens is 3. The first-order chi connectivity index (χ1) is 15.4. The van der Waals surface area contributed by atoms with E-state index >= 15 is 0 Å². The number of hydrogen-bond acceptors (Lipinski definition) is 7. The minimum absolute atomic E-state index is 0.222. The highest BCUT2D eigenvalue weighted by Gasteiger charge is 2.24. The molecule has 164 valence electrons. The number of nitrogens with one attached hydrogen (secondary N) is 3. The second-order valence-electron chi connectivity index (χ2n) is 7.61. The molecular formula is C23H23FN6O2.